The van der Waals surface area contributed by atoms with E-state index in [4.69, 9.17) is 0 Å². The molecule has 0 heterocycles. The summed E-state index contributed by atoms with van der Waals surface area (Å²) in [6, 6.07) is 0. The second kappa shape index (κ2) is 178. The summed E-state index contributed by atoms with van der Waals surface area (Å²) in [5.74, 6) is 0. The second-order valence-electron chi connectivity index (χ2n) is 0. The van der Waals surface area contributed by atoms with Crippen LogP contribution < -0.4 is 0 Å². The molecule has 0 rings (SSSR count). The van der Waals surface area contributed by atoms with E-state index in [9.17, 15) is 0 Å². The molecule has 61 valence electrons. The van der Waals surface area contributed by atoms with Crippen molar-refractivity contribution in [2.24, 2.45) is 0 Å². The maximum absolute atomic E-state index is 0. The van der Waals surface area contributed by atoms with E-state index < -0.39 is 0 Å². The molecule has 0 amide bonds. The minimum Gasteiger partial charge on any atom is -3.00 e. The summed E-state index contributed by atoms with van der Waals surface area (Å²) in [6.07, 6.45) is 0. The molecule has 0 aliphatic carbocycles. The van der Waals surface area contributed by atoms with Crippen molar-refractivity contribution >= 4 is 52.1 Å². The van der Waals surface area contributed by atoms with E-state index in [1.807, 2.05) is 0 Å². The Morgan fingerprint density at radius 1 is 0.286 bits per heavy atom. The van der Waals surface area contributed by atoms with Gasteiger partial charge < -0.3 is 30.8 Å². The predicted molar refractivity (Wildman–Crippen MR) is 34.1 cm³/mol. The van der Waals surface area contributed by atoms with Gasteiger partial charge in [0.1, 0.15) is 0 Å². The third-order valence-electron chi connectivity index (χ3n) is 0. The summed E-state index contributed by atoms with van der Waals surface area (Å²) >= 11 is 0. The monoisotopic (exact) mass is 838 g/mol. The third-order valence-corrected chi connectivity index (χ3v) is 0. The molecule has 0 bridgehead atoms. The van der Waals surface area contributed by atoms with Gasteiger partial charge in [-0.2, -0.15) is 0 Å². The minimum atomic E-state index is 0. The fraction of sp³-hybridized carbons (Fsp3) is 0. The first kappa shape index (κ1) is 210. The van der Waals surface area contributed by atoms with E-state index in [1.54, 1.807) is 0 Å². The predicted octanol–water partition coefficient (Wildman–Crippen LogP) is 0.286. The van der Waals surface area contributed by atoms with E-state index in [0.717, 1.165) is 0 Å². The molecular formula is Al3N5Ta3Ti3. The van der Waals surface area contributed by atoms with Gasteiger partial charge in [0.2, 0.25) is 0 Å². The van der Waals surface area contributed by atoms with Crippen LogP contribution in [0.15, 0.2) is 0 Å². The van der Waals surface area contributed by atoms with Crippen molar-refractivity contribution in [3.05, 3.63) is 30.8 Å². The Kier molecular flexibility index (Phi) is 2670. The van der Waals surface area contributed by atoms with Gasteiger partial charge in [0.05, 0.1) is 0 Å². The van der Waals surface area contributed by atoms with Crippen LogP contribution in [0.4, 0.5) is 0 Å². The maximum Gasteiger partial charge on any atom is 5.00 e. The van der Waals surface area contributed by atoms with Crippen molar-refractivity contribution in [2.75, 3.05) is 0 Å². The first-order chi connectivity index (χ1) is 0. The Balaban J connectivity index is 0. The van der Waals surface area contributed by atoms with Gasteiger partial charge in [-0.15, -0.1) is 0 Å². The van der Waals surface area contributed by atoms with Gasteiger partial charge in [0.15, 0.2) is 0 Å². The van der Waals surface area contributed by atoms with E-state index in [0.29, 0.717) is 0 Å². The van der Waals surface area contributed by atoms with Gasteiger partial charge in [0.25, 0.3) is 0 Å². The van der Waals surface area contributed by atoms with Gasteiger partial charge in [0, 0.05) is 117 Å². The fourth-order valence-electron chi connectivity index (χ4n) is 0. The number of rotatable bonds is 0. The van der Waals surface area contributed by atoms with Gasteiger partial charge in [-0.05, 0) is 0 Å². The first-order valence-electron chi connectivity index (χ1n) is 0. The molecule has 0 aliphatic rings. The number of nitrogens with zero attached hydrogens (tertiary/aromatic N) is 5. The quantitative estimate of drug-likeness (QED) is 0.309. The third kappa shape index (κ3) is 150. The van der Waals surface area contributed by atoms with Crippen LogP contribution in [0.1, 0.15) is 0 Å². The summed E-state index contributed by atoms with van der Waals surface area (Å²) in [5.41, 5.74) is 0. The van der Waals surface area contributed by atoms with Crippen LogP contribution in [0.3, 0.4) is 0 Å². The van der Waals surface area contributed by atoms with Crippen molar-refractivity contribution in [3.63, 3.8) is 0 Å². The molecular weight excluding hydrogens is 837 g/mol. The standard InChI is InChI=1S/3Al.5N.3Ta.3Ti/q;;;5*-3;3*+5;;;. The Bertz CT molecular complexity index is 27.4. The maximum atomic E-state index is 0. The molecule has 0 saturated carbocycles. The van der Waals surface area contributed by atoms with Crippen LogP contribution in [0.25, 0.3) is 30.8 Å². The summed E-state index contributed by atoms with van der Waals surface area (Å²) in [4.78, 5) is 0. The molecule has 0 fully saturated rings. The van der Waals surface area contributed by atoms with Gasteiger partial charge in [-0.3, -0.25) is 0 Å². The molecule has 0 aliphatic heterocycles. The molecule has 0 aromatic heterocycles. The zero-order valence-corrected chi connectivity index (χ0v) is 24.6. The average molecular weight is 837 g/mol. The zero-order valence-electron chi connectivity index (χ0n) is 6.81. The van der Waals surface area contributed by atoms with Crippen LogP contribution in [-0.4, -0.2) is 52.1 Å². The molecule has 0 aromatic carbocycles. The SMILES string of the molecule is [Al].[Al].[Al].[N-3].[N-3].[N-3].[N-3].[N-3].[Ta+5].[Ta+5].[Ta+5].[Ti].[Ti].[Ti]. The van der Waals surface area contributed by atoms with Crippen molar-refractivity contribution in [1.29, 1.82) is 0 Å². The van der Waals surface area contributed by atoms with Crippen molar-refractivity contribution in [2.45, 2.75) is 0 Å². The number of hydrogen-bond acceptors (Lipinski definition) is 0. The molecule has 14 heteroatoms. The van der Waals surface area contributed by atoms with Crippen molar-refractivity contribution < 1.29 is 132 Å². The normalized spacial score (nSPS) is 0. The van der Waals surface area contributed by atoms with Crippen LogP contribution in [-0.2, 0) is 132 Å². The Labute approximate surface area is 211 Å². The minimum absolute atomic E-state index is 0. The molecule has 0 atom stereocenters. The molecule has 9 radical (unpaired) electrons. The molecule has 0 N–H and O–H groups in total. The fourth-order valence-corrected chi connectivity index (χ4v) is 0. The summed E-state index contributed by atoms with van der Waals surface area (Å²) < 4.78 is 0. The van der Waals surface area contributed by atoms with Gasteiger partial charge >= 0.3 is 67.1 Å². The Hall–Kier alpha value is 5.76. The first-order valence-corrected chi connectivity index (χ1v) is 0. The average Bonchev–Trinajstić information content (AvgIpc) is 0. The van der Waals surface area contributed by atoms with Crippen molar-refractivity contribution in [1.82, 2.24) is 0 Å². The molecule has 0 spiro atoms. The molecule has 14 heavy (non-hydrogen) atoms. The van der Waals surface area contributed by atoms with Crippen molar-refractivity contribution in [3.8, 4) is 0 Å². The summed E-state index contributed by atoms with van der Waals surface area (Å²) in [6.45, 7) is 0. The topological polar surface area (TPSA) is 152 Å². The van der Waals surface area contributed by atoms with Gasteiger partial charge in [-0.1, -0.05) is 0 Å². The van der Waals surface area contributed by atoms with E-state index in [2.05, 4.69) is 0 Å². The smallest absolute Gasteiger partial charge is 3.00 e. The van der Waals surface area contributed by atoms with E-state index in [-0.39, 0.29) is 215 Å². The molecule has 5 nitrogen and oxygen atoms in total. The summed E-state index contributed by atoms with van der Waals surface area (Å²) in [7, 11) is 0. The van der Waals surface area contributed by atoms with Gasteiger partial charge in [-0.25, -0.2) is 0 Å². The Morgan fingerprint density at radius 3 is 0.286 bits per heavy atom. The Morgan fingerprint density at radius 2 is 0.286 bits per heavy atom. The summed E-state index contributed by atoms with van der Waals surface area (Å²) in [5, 5.41) is 0. The molecule has 0 unspecified atom stereocenters. The van der Waals surface area contributed by atoms with E-state index in [1.165, 1.54) is 0 Å². The second-order valence-corrected chi connectivity index (χ2v) is 0. The van der Waals surface area contributed by atoms with Crippen LogP contribution in [0.2, 0.25) is 0 Å². The van der Waals surface area contributed by atoms with Crippen LogP contribution >= 0.6 is 0 Å². The molecule has 0 aromatic rings. The largest absolute Gasteiger partial charge is 5.00 e. The zero-order chi connectivity index (χ0) is 0. The van der Waals surface area contributed by atoms with E-state index >= 15 is 0 Å². The van der Waals surface area contributed by atoms with Crippen LogP contribution in [0, 0.1) is 0 Å². The van der Waals surface area contributed by atoms with Crippen LogP contribution in [0.5, 0.6) is 0 Å². The molecule has 0 saturated heterocycles. The number of hydrogen-bond donors (Lipinski definition) is 0.